The molecule has 0 spiro atoms. The monoisotopic (exact) mass is 311 g/mol. The average molecular weight is 311 g/mol. The van der Waals surface area contributed by atoms with Crippen LogP contribution in [0.5, 0.6) is 5.75 Å². The van der Waals surface area contributed by atoms with Crippen molar-refractivity contribution in [2.75, 3.05) is 7.11 Å². The van der Waals surface area contributed by atoms with Gasteiger partial charge in [0.05, 0.1) is 19.6 Å². The Bertz CT molecular complexity index is 605. The van der Waals surface area contributed by atoms with E-state index in [1.807, 2.05) is 42.5 Å². The first-order valence-corrected chi connectivity index (χ1v) is 8.05. The number of amides is 1. The van der Waals surface area contributed by atoms with E-state index in [1.54, 1.807) is 7.11 Å². The van der Waals surface area contributed by atoms with Crippen LogP contribution in [0.25, 0.3) is 0 Å². The summed E-state index contributed by atoms with van der Waals surface area (Å²) in [6.07, 6.45) is 1.31. The molecule has 23 heavy (non-hydrogen) atoms. The van der Waals surface area contributed by atoms with Crippen molar-refractivity contribution >= 4 is 5.91 Å². The molecule has 0 aromatic heterocycles. The molecule has 0 saturated carbocycles. The molecule has 0 aliphatic carbocycles. The van der Waals surface area contributed by atoms with Gasteiger partial charge in [0.2, 0.25) is 5.91 Å². The maximum Gasteiger partial charge on any atom is 0.224 e. The lowest BCUT2D eigenvalue weighted by molar-refractivity contribution is -0.121. The van der Waals surface area contributed by atoms with Gasteiger partial charge in [0.25, 0.3) is 0 Å². The van der Waals surface area contributed by atoms with Crippen LogP contribution in [0.4, 0.5) is 0 Å². The van der Waals surface area contributed by atoms with E-state index in [-0.39, 0.29) is 11.9 Å². The van der Waals surface area contributed by atoms with Gasteiger partial charge >= 0.3 is 0 Å². The molecular weight excluding hydrogens is 286 g/mol. The lowest BCUT2D eigenvalue weighted by atomic mass is 9.96. The molecule has 0 heterocycles. The van der Waals surface area contributed by atoms with Gasteiger partial charge in [0, 0.05) is 0 Å². The van der Waals surface area contributed by atoms with Crippen molar-refractivity contribution in [3.8, 4) is 5.75 Å². The SMILES string of the molecule is COc1ccc(CC(=O)NC(CC(C)C)c2ccccc2)cc1. The van der Waals surface area contributed by atoms with Crippen LogP contribution in [0.15, 0.2) is 54.6 Å². The van der Waals surface area contributed by atoms with Crippen molar-refractivity contribution < 1.29 is 9.53 Å². The molecule has 2 aromatic rings. The fourth-order valence-electron chi connectivity index (χ4n) is 2.61. The zero-order valence-corrected chi connectivity index (χ0v) is 14.1. The summed E-state index contributed by atoms with van der Waals surface area (Å²) < 4.78 is 5.14. The van der Waals surface area contributed by atoms with Crippen LogP contribution in [-0.2, 0) is 11.2 Å². The van der Waals surface area contributed by atoms with Gasteiger partial charge in [-0.25, -0.2) is 0 Å². The fourth-order valence-corrected chi connectivity index (χ4v) is 2.61. The number of hydrogen-bond donors (Lipinski definition) is 1. The summed E-state index contributed by atoms with van der Waals surface area (Å²) in [7, 11) is 1.64. The largest absolute Gasteiger partial charge is 0.497 e. The predicted octanol–water partition coefficient (Wildman–Crippen LogP) is 4.14. The molecule has 2 aromatic carbocycles. The van der Waals surface area contributed by atoms with Crippen LogP contribution in [-0.4, -0.2) is 13.0 Å². The highest BCUT2D eigenvalue weighted by Gasteiger charge is 2.16. The molecule has 3 heteroatoms. The minimum absolute atomic E-state index is 0.0460. The summed E-state index contributed by atoms with van der Waals surface area (Å²) in [5.41, 5.74) is 2.14. The summed E-state index contributed by atoms with van der Waals surface area (Å²) in [6, 6.07) is 17.8. The molecule has 122 valence electrons. The molecule has 2 rings (SSSR count). The molecule has 1 amide bonds. The molecular formula is C20H25NO2. The fraction of sp³-hybridized carbons (Fsp3) is 0.350. The van der Waals surface area contributed by atoms with Crippen LogP contribution in [0.1, 0.15) is 37.4 Å². The highest BCUT2D eigenvalue weighted by atomic mass is 16.5. The Morgan fingerprint density at radius 1 is 1.04 bits per heavy atom. The minimum Gasteiger partial charge on any atom is -0.497 e. The minimum atomic E-state index is 0.0460. The lowest BCUT2D eigenvalue weighted by Crippen LogP contribution is -2.30. The van der Waals surface area contributed by atoms with E-state index in [1.165, 1.54) is 0 Å². The van der Waals surface area contributed by atoms with E-state index in [0.717, 1.165) is 23.3 Å². The normalized spacial score (nSPS) is 12.0. The molecule has 0 saturated heterocycles. The Hall–Kier alpha value is -2.29. The predicted molar refractivity (Wildman–Crippen MR) is 93.5 cm³/mol. The van der Waals surface area contributed by atoms with Gasteiger partial charge in [0.15, 0.2) is 0 Å². The highest BCUT2D eigenvalue weighted by Crippen LogP contribution is 2.21. The molecule has 0 radical (unpaired) electrons. The zero-order valence-electron chi connectivity index (χ0n) is 14.1. The van der Waals surface area contributed by atoms with Gasteiger partial charge in [-0.1, -0.05) is 56.3 Å². The van der Waals surface area contributed by atoms with E-state index in [0.29, 0.717) is 12.3 Å². The average Bonchev–Trinajstić information content (AvgIpc) is 2.55. The van der Waals surface area contributed by atoms with E-state index >= 15 is 0 Å². The van der Waals surface area contributed by atoms with Crippen molar-refractivity contribution in [3.63, 3.8) is 0 Å². The first-order chi connectivity index (χ1) is 11.1. The van der Waals surface area contributed by atoms with E-state index in [4.69, 9.17) is 4.74 Å². The van der Waals surface area contributed by atoms with E-state index in [2.05, 4.69) is 31.3 Å². The van der Waals surface area contributed by atoms with E-state index < -0.39 is 0 Å². The number of rotatable bonds is 7. The Morgan fingerprint density at radius 2 is 1.70 bits per heavy atom. The number of benzene rings is 2. The van der Waals surface area contributed by atoms with Gasteiger partial charge < -0.3 is 10.1 Å². The molecule has 0 fully saturated rings. The maximum absolute atomic E-state index is 12.4. The summed E-state index contributed by atoms with van der Waals surface area (Å²) >= 11 is 0. The first-order valence-electron chi connectivity index (χ1n) is 8.05. The lowest BCUT2D eigenvalue weighted by Gasteiger charge is -2.21. The van der Waals surface area contributed by atoms with Gasteiger partial charge in [-0.15, -0.1) is 0 Å². The molecule has 0 aliphatic rings. The Balaban J connectivity index is 2.02. The van der Waals surface area contributed by atoms with Crippen LogP contribution in [0.3, 0.4) is 0 Å². The molecule has 0 aliphatic heterocycles. The summed E-state index contributed by atoms with van der Waals surface area (Å²) in [5.74, 6) is 1.36. The summed E-state index contributed by atoms with van der Waals surface area (Å²) in [5, 5.41) is 3.17. The standard InChI is InChI=1S/C20H25NO2/c1-15(2)13-19(17-7-5-4-6-8-17)21-20(22)14-16-9-11-18(23-3)12-10-16/h4-12,15,19H,13-14H2,1-3H3,(H,21,22). The second-order valence-electron chi connectivity index (χ2n) is 6.19. The third-order valence-electron chi connectivity index (χ3n) is 3.77. The molecule has 1 N–H and O–H groups in total. The molecule has 1 unspecified atom stereocenters. The second-order valence-corrected chi connectivity index (χ2v) is 6.19. The molecule has 0 bridgehead atoms. The van der Waals surface area contributed by atoms with Crippen LogP contribution >= 0.6 is 0 Å². The maximum atomic E-state index is 12.4. The van der Waals surface area contributed by atoms with Crippen molar-refractivity contribution in [3.05, 3.63) is 65.7 Å². The molecule has 1 atom stereocenters. The topological polar surface area (TPSA) is 38.3 Å². The summed E-state index contributed by atoms with van der Waals surface area (Å²) in [4.78, 5) is 12.4. The zero-order chi connectivity index (χ0) is 16.7. The third kappa shape index (κ3) is 5.44. The van der Waals surface area contributed by atoms with Gasteiger partial charge in [0.1, 0.15) is 5.75 Å². The van der Waals surface area contributed by atoms with E-state index in [9.17, 15) is 4.79 Å². The quantitative estimate of drug-likeness (QED) is 0.834. The van der Waals surface area contributed by atoms with Gasteiger partial charge in [-0.2, -0.15) is 0 Å². The highest BCUT2D eigenvalue weighted by molar-refractivity contribution is 5.79. The number of hydrogen-bond acceptors (Lipinski definition) is 2. The van der Waals surface area contributed by atoms with Gasteiger partial charge in [-0.05, 0) is 35.6 Å². The Labute approximate surface area is 138 Å². The van der Waals surface area contributed by atoms with Crippen LogP contribution in [0, 0.1) is 5.92 Å². The number of carbonyl (C=O) groups is 1. The van der Waals surface area contributed by atoms with Crippen molar-refractivity contribution in [2.45, 2.75) is 32.7 Å². The van der Waals surface area contributed by atoms with Crippen LogP contribution < -0.4 is 10.1 Å². The van der Waals surface area contributed by atoms with Gasteiger partial charge in [-0.3, -0.25) is 4.79 Å². The van der Waals surface area contributed by atoms with Crippen LogP contribution in [0.2, 0.25) is 0 Å². The smallest absolute Gasteiger partial charge is 0.224 e. The number of nitrogens with one attached hydrogen (secondary N) is 1. The second kappa shape index (κ2) is 8.37. The number of carbonyl (C=O) groups excluding carboxylic acids is 1. The number of ether oxygens (including phenoxy) is 1. The first kappa shape index (κ1) is 17.1. The summed E-state index contributed by atoms with van der Waals surface area (Å²) in [6.45, 7) is 4.34. The Morgan fingerprint density at radius 3 is 2.26 bits per heavy atom. The Kier molecular flexibility index (Phi) is 6.21. The van der Waals surface area contributed by atoms with Crippen molar-refractivity contribution in [1.29, 1.82) is 0 Å². The van der Waals surface area contributed by atoms with Crippen molar-refractivity contribution in [1.82, 2.24) is 5.32 Å². The third-order valence-corrected chi connectivity index (χ3v) is 3.77. The number of methoxy groups -OCH3 is 1. The molecule has 3 nitrogen and oxygen atoms in total. The van der Waals surface area contributed by atoms with Crippen molar-refractivity contribution in [2.24, 2.45) is 5.92 Å².